The molecule has 7 heteroatoms. The summed E-state index contributed by atoms with van der Waals surface area (Å²) >= 11 is 0. The fraction of sp³-hybridized carbons (Fsp3) is 0.542. The van der Waals surface area contributed by atoms with E-state index in [2.05, 4.69) is 42.5 Å². The first kappa shape index (κ1) is 21.4. The van der Waals surface area contributed by atoms with Gasteiger partial charge in [0.15, 0.2) is 0 Å². The molecular weight excluding hydrogens is 390 g/mol. The van der Waals surface area contributed by atoms with Gasteiger partial charge in [-0.25, -0.2) is 9.48 Å². The molecular formula is C24H33N5O2. The molecule has 0 radical (unpaired) electrons. The van der Waals surface area contributed by atoms with E-state index < -0.39 is 0 Å². The van der Waals surface area contributed by atoms with Crippen molar-refractivity contribution in [2.24, 2.45) is 5.92 Å². The number of carbonyl (C=O) groups excluding carboxylic acids is 2. The molecule has 31 heavy (non-hydrogen) atoms. The Morgan fingerprint density at radius 3 is 2.52 bits per heavy atom. The minimum absolute atomic E-state index is 0.0120. The fourth-order valence-electron chi connectivity index (χ4n) is 4.69. The SMILES string of the molecule is Cc1ccc(-n2ncc3c2CCC[C@H]3NC(=O)C2CCN(C(=O)N(C)C)CC2)cc1C. The third-order valence-electron chi connectivity index (χ3n) is 6.75. The summed E-state index contributed by atoms with van der Waals surface area (Å²) in [4.78, 5) is 28.5. The number of urea groups is 1. The Kier molecular flexibility index (Phi) is 6.03. The minimum atomic E-state index is -0.0358. The molecule has 1 saturated heterocycles. The minimum Gasteiger partial charge on any atom is -0.349 e. The van der Waals surface area contributed by atoms with Gasteiger partial charge in [0.2, 0.25) is 5.91 Å². The number of hydrogen-bond acceptors (Lipinski definition) is 3. The highest BCUT2D eigenvalue weighted by atomic mass is 16.2. The zero-order chi connectivity index (χ0) is 22.1. The van der Waals surface area contributed by atoms with Gasteiger partial charge in [-0.05, 0) is 69.2 Å². The number of nitrogens with one attached hydrogen (secondary N) is 1. The number of amides is 3. The number of rotatable bonds is 3. The molecule has 0 saturated carbocycles. The summed E-state index contributed by atoms with van der Waals surface area (Å²) < 4.78 is 2.03. The zero-order valence-electron chi connectivity index (χ0n) is 19.0. The van der Waals surface area contributed by atoms with Gasteiger partial charge in [0, 0.05) is 44.4 Å². The predicted molar refractivity (Wildman–Crippen MR) is 120 cm³/mol. The van der Waals surface area contributed by atoms with E-state index in [1.54, 1.807) is 19.0 Å². The summed E-state index contributed by atoms with van der Waals surface area (Å²) in [6, 6.07) is 6.45. The van der Waals surface area contributed by atoms with E-state index in [1.807, 2.05) is 15.8 Å². The van der Waals surface area contributed by atoms with Crippen molar-refractivity contribution in [1.82, 2.24) is 24.9 Å². The van der Waals surface area contributed by atoms with E-state index in [4.69, 9.17) is 0 Å². The number of piperidine rings is 1. The van der Waals surface area contributed by atoms with Crippen LogP contribution in [-0.2, 0) is 11.2 Å². The van der Waals surface area contributed by atoms with Crippen LogP contribution in [0.25, 0.3) is 5.69 Å². The van der Waals surface area contributed by atoms with Gasteiger partial charge < -0.3 is 15.1 Å². The molecule has 0 spiro atoms. The molecule has 0 unspecified atom stereocenters. The van der Waals surface area contributed by atoms with Crippen LogP contribution in [0, 0.1) is 19.8 Å². The molecule has 3 amide bonds. The maximum atomic E-state index is 13.0. The van der Waals surface area contributed by atoms with Crippen molar-refractivity contribution in [2.75, 3.05) is 27.2 Å². The lowest BCUT2D eigenvalue weighted by Crippen LogP contribution is -2.47. The van der Waals surface area contributed by atoms with Crippen LogP contribution < -0.4 is 5.32 Å². The van der Waals surface area contributed by atoms with E-state index >= 15 is 0 Å². The third kappa shape index (κ3) is 4.31. The Balaban J connectivity index is 1.43. The van der Waals surface area contributed by atoms with Gasteiger partial charge in [-0.2, -0.15) is 5.10 Å². The Morgan fingerprint density at radius 1 is 1.10 bits per heavy atom. The third-order valence-corrected chi connectivity index (χ3v) is 6.75. The number of aromatic nitrogens is 2. The summed E-state index contributed by atoms with van der Waals surface area (Å²) in [7, 11) is 3.53. The zero-order valence-corrected chi connectivity index (χ0v) is 19.0. The first-order valence-corrected chi connectivity index (χ1v) is 11.3. The summed E-state index contributed by atoms with van der Waals surface area (Å²) in [6.07, 6.45) is 6.30. The molecule has 7 nitrogen and oxygen atoms in total. The largest absolute Gasteiger partial charge is 0.349 e. The van der Waals surface area contributed by atoms with Gasteiger partial charge in [-0.3, -0.25) is 4.79 Å². The maximum Gasteiger partial charge on any atom is 0.319 e. The Bertz CT molecular complexity index is 972. The molecule has 1 N–H and O–H groups in total. The molecule has 1 aliphatic carbocycles. The van der Waals surface area contributed by atoms with Crippen molar-refractivity contribution in [2.45, 2.75) is 52.0 Å². The highest BCUT2D eigenvalue weighted by Crippen LogP contribution is 2.32. The molecule has 0 bridgehead atoms. The number of hydrogen-bond donors (Lipinski definition) is 1. The monoisotopic (exact) mass is 423 g/mol. The van der Waals surface area contributed by atoms with Gasteiger partial charge in [0.05, 0.1) is 17.9 Å². The van der Waals surface area contributed by atoms with Gasteiger partial charge in [-0.1, -0.05) is 6.07 Å². The van der Waals surface area contributed by atoms with Crippen molar-refractivity contribution >= 4 is 11.9 Å². The van der Waals surface area contributed by atoms with Gasteiger partial charge >= 0.3 is 6.03 Å². The first-order chi connectivity index (χ1) is 14.8. The first-order valence-electron chi connectivity index (χ1n) is 11.3. The van der Waals surface area contributed by atoms with Crippen LogP contribution in [0.5, 0.6) is 0 Å². The van der Waals surface area contributed by atoms with E-state index in [0.29, 0.717) is 25.9 Å². The lowest BCUT2D eigenvalue weighted by Gasteiger charge is -2.34. The Morgan fingerprint density at radius 2 is 1.84 bits per heavy atom. The van der Waals surface area contributed by atoms with Gasteiger partial charge in [-0.15, -0.1) is 0 Å². The average molecular weight is 424 g/mol. The van der Waals surface area contributed by atoms with Crippen LogP contribution in [0.3, 0.4) is 0 Å². The average Bonchev–Trinajstić information content (AvgIpc) is 3.20. The fourth-order valence-corrected chi connectivity index (χ4v) is 4.69. The number of likely N-dealkylation sites (tertiary alicyclic amines) is 1. The number of fused-ring (bicyclic) bond motifs is 1. The number of nitrogens with zero attached hydrogens (tertiary/aromatic N) is 4. The smallest absolute Gasteiger partial charge is 0.319 e. The Hall–Kier alpha value is -2.83. The lowest BCUT2D eigenvalue weighted by molar-refractivity contribution is -0.127. The number of benzene rings is 1. The molecule has 1 fully saturated rings. The van der Waals surface area contributed by atoms with Crippen LogP contribution >= 0.6 is 0 Å². The molecule has 166 valence electrons. The van der Waals surface area contributed by atoms with Crippen LogP contribution in [0.4, 0.5) is 4.79 Å². The van der Waals surface area contributed by atoms with Gasteiger partial charge in [0.1, 0.15) is 0 Å². The second-order valence-corrected chi connectivity index (χ2v) is 9.12. The van der Waals surface area contributed by atoms with Crippen molar-refractivity contribution < 1.29 is 9.59 Å². The topological polar surface area (TPSA) is 70.5 Å². The molecule has 1 aliphatic heterocycles. The molecule has 2 aliphatic rings. The summed E-state index contributed by atoms with van der Waals surface area (Å²) in [5, 5.41) is 7.96. The summed E-state index contributed by atoms with van der Waals surface area (Å²) in [6.45, 7) is 5.50. The summed E-state index contributed by atoms with van der Waals surface area (Å²) in [5.41, 5.74) is 5.94. The molecule has 4 rings (SSSR count). The van der Waals surface area contributed by atoms with Crippen molar-refractivity contribution in [1.29, 1.82) is 0 Å². The predicted octanol–water partition coefficient (Wildman–Crippen LogP) is 3.38. The van der Waals surface area contributed by atoms with Gasteiger partial charge in [0.25, 0.3) is 0 Å². The Labute approximate surface area is 184 Å². The van der Waals surface area contributed by atoms with Crippen molar-refractivity contribution in [3.05, 3.63) is 46.8 Å². The second-order valence-electron chi connectivity index (χ2n) is 9.12. The molecule has 1 atom stereocenters. The highest BCUT2D eigenvalue weighted by molar-refractivity contribution is 5.80. The van der Waals surface area contributed by atoms with Crippen molar-refractivity contribution in [3.8, 4) is 5.69 Å². The van der Waals surface area contributed by atoms with Crippen LogP contribution in [0.1, 0.15) is 54.1 Å². The van der Waals surface area contributed by atoms with Crippen LogP contribution in [0.2, 0.25) is 0 Å². The van der Waals surface area contributed by atoms with Crippen LogP contribution in [-0.4, -0.2) is 58.7 Å². The summed E-state index contributed by atoms with van der Waals surface area (Å²) in [5.74, 6) is 0.0696. The normalized spacial score (nSPS) is 19.1. The lowest BCUT2D eigenvalue weighted by atomic mass is 9.90. The number of carbonyl (C=O) groups is 2. The molecule has 2 heterocycles. The van der Waals surface area contributed by atoms with E-state index in [9.17, 15) is 9.59 Å². The van der Waals surface area contributed by atoms with E-state index in [-0.39, 0.29) is 23.9 Å². The van der Waals surface area contributed by atoms with E-state index in [1.165, 1.54) is 16.8 Å². The molecule has 2 aromatic rings. The second kappa shape index (κ2) is 8.73. The molecule has 1 aromatic carbocycles. The maximum absolute atomic E-state index is 13.0. The molecule has 1 aromatic heterocycles. The van der Waals surface area contributed by atoms with E-state index in [0.717, 1.165) is 30.5 Å². The number of aryl methyl sites for hydroxylation is 2. The van der Waals surface area contributed by atoms with Crippen LogP contribution in [0.15, 0.2) is 24.4 Å². The standard InChI is InChI=1S/C24H33N5O2/c1-16-8-9-19(14-17(16)2)29-22-7-5-6-21(20(22)15-25-29)26-23(30)18-10-12-28(13-11-18)24(31)27(3)4/h8-9,14-15,18,21H,5-7,10-13H2,1-4H3,(H,26,30)/t21-/m1/s1. The van der Waals surface area contributed by atoms with Crippen molar-refractivity contribution in [3.63, 3.8) is 0 Å². The highest BCUT2D eigenvalue weighted by Gasteiger charge is 2.31. The quantitative estimate of drug-likeness (QED) is 0.823.